The SMILES string of the molecule is CN(Cc1ccc(OC[C@@H](O)CN2CCCCC2)cc1)Cc1cnccn1. The molecule has 0 bridgehead atoms. The van der Waals surface area contributed by atoms with Crippen LogP contribution in [0, 0.1) is 0 Å². The van der Waals surface area contributed by atoms with E-state index in [1.807, 2.05) is 12.1 Å². The molecule has 1 fully saturated rings. The summed E-state index contributed by atoms with van der Waals surface area (Å²) in [5.41, 5.74) is 2.17. The van der Waals surface area contributed by atoms with Crippen molar-refractivity contribution in [1.82, 2.24) is 19.8 Å². The Bertz CT molecular complexity index is 660. The Hall–Kier alpha value is -2.02. The molecule has 6 nitrogen and oxygen atoms in total. The zero-order valence-electron chi connectivity index (χ0n) is 16.1. The lowest BCUT2D eigenvalue weighted by atomic mass is 10.1. The number of piperidine rings is 1. The van der Waals surface area contributed by atoms with Crippen LogP contribution < -0.4 is 4.74 Å². The van der Waals surface area contributed by atoms with Crippen LogP contribution in [-0.2, 0) is 13.1 Å². The molecule has 3 rings (SSSR count). The Labute approximate surface area is 161 Å². The number of ether oxygens (including phenoxy) is 1. The van der Waals surface area contributed by atoms with E-state index in [-0.39, 0.29) is 0 Å². The summed E-state index contributed by atoms with van der Waals surface area (Å²) in [5.74, 6) is 0.799. The number of aliphatic hydroxyl groups excluding tert-OH is 1. The molecule has 0 unspecified atom stereocenters. The number of aliphatic hydroxyl groups is 1. The quantitative estimate of drug-likeness (QED) is 0.731. The summed E-state index contributed by atoms with van der Waals surface area (Å²) in [6, 6.07) is 8.08. The molecule has 0 amide bonds. The van der Waals surface area contributed by atoms with E-state index in [0.717, 1.165) is 37.6 Å². The molecule has 146 valence electrons. The van der Waals surface area contributed by atoms with E-state index in [0.29, 0.717) is 13.2 Å². The molecular weight excluding hydrogens is 340 g/mol. The number of rotatable bonds is 9. The molecular formula is C21H30N4O2. The number of hydrogen-bond acceptors (Lipinski definition) is 6. The van der Waals surface area contributed by atoms with Gasteiger partial charge in [0.1, 0.15) is 18.5 Å². The maximum absolute atomic E-state index is 10.2. The molecule has 1 atom stereocenters. The van der Waals surface area contributed by atoms with Gasteiger partial charge in [0.05, 0.1) is 5.69 Å². The van der Waals surface area contributed by atoms with E-state index < -0.39 is 6.10 Å². The highest BCUT2D eigenvalue weighted by Crippen LogP contribution is 2.15. The maximum atomic E-state index is 10.2. The van der Waals surface area contributed by atoms with Gasteiger partial charge >= 0.3 is 0 Å². The molecule has 2 aromatic rings. The van der Waals surface area contributed by atoms with Crippen LogP contribution in [0.15, 0.2) is 42.9 Å². The number of likely N-dealkylation sites (tertiary alicyclic amines) is 1. The molecule has 0 aliphatic carbocycles. The van der Waals surface area contributed by atoms with E-state index in [2.05, 4.69) is 38.9 Å². The first-order valence-corrected chi connectivity index (χ1v) is 9.74. The van der Waals surface area contributed by atoms with Gasteiger partial charge in [-0.2, -0.15) is 0 Å². The van der Waals surface area contributed by atoms with Gasteiger partial charge in [-0.05, 0) is 50.7 Å². The van der Waals surface area contributed by atoms with E-state index in [1.165, 1.54) is 24.8 Å². The van der Waals surface area contributed by atoms with E-state index in [9.17, 15) is 5.11 Å². The minimum Gasteiger partial charge on any atom is -0.491 e. The third-order valence-electron chi connectivity index (χ3n) is 4.78. The summed E-state index contributed by atoms with van der Waals surface area (Å²) in [6.45, 7) is 4.80. The number of aromatic nitrogens is 2. The van der Waals surface area contributed by atoms with Gasteiger partial charge in [-0.15, -0.1) is 0 Å². The van der Waals surface area contributed by atoms with Crippen LogP contribution in [0.4, 0.5) is 0 Å². The fourth-order valence-corrected chi connectivity index (χ4v) is 3.43. The Morgan fingerprint density at radius 1 is 1.11 bits per heavy atom. The maximum Gasteiger partial charge on any atom is 0.119 e. The fraction of sp³-hybridized carbons (Fsp3) is 0.524. The van der Waals surface area contributed by atoms with E-state index in [4.69, 9.17) is 4.74 Å². The molecule has 27 heavy (non-hydrogen) atoms. The largest absolute Gasteiger partial charge is 0.491 e. The van der Waals surface area contributed by atoms with Crippen molar-refractivity contribution in [2.75, 3.05) is 33.3 Å². The summed E-state index contributed by atoms with van der Waals surface area (Å²) in [4.78, 5) is 12.9. The minimum atomic E-state index is -0.444. The molecule has 1 aromatic carbocycles. The number of hydrogen-bond donors (Lipinski definition) is 1. The standard InChI is InChI=1S/C21H30N4O2/c1-24(15-19-13-22-9-10-23-19)14-18-5-7-21(8-6-18)27-17-20(26)16-25-11-3-2-4-12-25/h5-10,13,20,26H,2-4,11-12,14-17H2,1H3/t20-/m0/s1. The molecule has 1 aliphatic rings. The second-order valence-electron chi connectivity index (χ2n) is 7.34. The zero-order chi connectivity index (χ0) is 18.9. The van der Waals surface area contributed by atoms with Crippen LogP contribution in [0.5, 0.6) is 5.75 Å². The first kappa shape index (κ1) is 19.7. The second-order valence-corrected chi connectivity index (χ2v) is 7.34. The van der Waals surface area contributed by atoms with Crippen LogP contribution in [-0.4, -0.2) is 64.3 Å². The Kier molecular flexibility index (Phi) is 7.56. The van der Waals surface area contributed by atoms with Crippen LogP contribution >= 0.6 is 0 Å². The van der Waals surface area contributed by atoms with Gasteiger partial charge in [0.25, 0.3) is 0 Å². The lowest BCUT2D eigenvalue weighted by Gasteiger charge is -2.28. The van der Waals surface area contributed by atoms with Gasteiger partial charge in [-0.25, -0.2) is 0 Å². The molecule has 1 aliphatic heterocycles. The normalized spacial score (nSPS) is 16.4. The van der Waals surface area contributed by atoms with Crippen molar-refractivity contribution in [1.29, 1.82) is 0 Å². The number of benzene rings is 1. The highest BCUT2D eigenvalue weighted by molar-refractivity contribution is 5.27. The van der Waals surface area contributed by atoms with E-state index >= 15 is 0 Å². The van der Waals surface area contributed by atoms with Crippen LogP contribution in [0.25, 0.3) is 0 Å². The molecule has 0 spiro atoms. The zero-order valence-corrected chi connectivity index (χ0v) is 16.1. The summed E-state index contributed by atoms with van der Waals surface area (Å²) in [6.07, 6.45) is 8.54. The van der Waals surface area contributed by atoms with Crippen molar-refractivity contribution in [3.8, 4) is 5.75 Å². The third-order valence-corrected chi connectivity index (χ3v) is 4.78. The predicted octanol–water partition coefficient (Wildman–Crippen LogP) is 2.33. The highest BCUT2D eigenvalue weighted by atomic mass is 16.5. The van der Waals surface area contributed by atoms with Crippen LogP contribution in [0.3, 0.4) is 0 Å². The molecule has 1 aromatic heterocycles. The molecule has 1 saturated heterocycles. The highest BCUT2D eigenvalue weighted by Gasteiger charge is 2.15. The van der Waals surface area contributed by atoms with Crippen molar-refractivity contribution in [3.63, 3.8) is 0 Å². The van der Waals surface area contributed by atoms with Crippen molar-refractivity contribution in [3.05, 3.63) is 54.1 Å². The number of β-amino-alcohol motifs (C(OH)–C–C–N with tert-alkyl or cyclic N) is 1. The smallest absolute Gasteiger partial charge is 0.119 e. The van der Waals surface area contributed by atoms with Crippen molar-refractivity contribution in [2.24, 2.45) is 0 Å². The van der Waals surface area contributed by atoms with Gasteiger partial charge in [0.2, 0.25) is 0 Å². The van der Waals surface area contributed by atoms with Gasteiger partial charge in [-0.1, -0.05) is 18.6 Å². The molecule has 6 heteroatoms. The van der Waals surface area contributed by atoms with Gasteiger partial charge in [0.15, 0.2) is 0 Å². The summed E-state index contributed by atoms with van der Waals surface area (Å²) in [5, 5.41) is 10.2. The topological polar surface area (TPSA) is 61.7 Å². The lowest BCUT2D eigenvalue weighted by molar-refractivity contribution is 0.0617. The van der Waals surface area contributed by atoms with Crippen molar-refractivity contribution < 1.29 is 9.84 Å². The van der Waals surface area contributed by atoms with Gasteiger partial charge < -0.3 is 14.7 Å². The first-order valence-electron chi connectivity index (χ1n) is 9.74. The Morgan fingerprint density at radius 3 is 2.59 bits per heavy atom. The van der Waals surface area contributed by atoms with E-state index in [1.54, 1.807) is 18.6 Å². The second kappa shape index (κ2) is 10.3. The third kappa shape index (κ3) is 6.90. The van der Waals surface area contributed by atoms with Gasteiger partial charge in [-0.3, -0.25) is 14.9 Å². The molecule has 0 saturated carbocycles. The minimum absolute atomic E-state index is 0.336. The van der Waals surface area contributed by atoms with Crippen molar-refractivity contribution in [2.45, 2.75) is 38.5 Å². The first-order chi connectivity index (χ1) is 13.2. The average Bonchev–Trinajstić information content (AvgIpc) is 2.69. The monoisotopic (exact) mass is 370 g/mol. The van der Waals surface area contributed by atoms with Gasteiger partial charge in [0, 0.05) is 38.2 Å². The summed E-state index contributed by atoms with van der Waals surface area (Å²) in [7, 11) is 2.07. The molecule has 0 radical (unpaired) electrons. The molecule has 2 heterocycles. The molecule has 1 N–H and O–H groups in total. The number of nitrogens with zero attached hydrogens (tertiary/aromatic N) is 4. The Balaban J connectivity index is 1.40. The lowest BCUT2D eigenvalue weighted by Crippen LogP contribution is -2.38. The van der Waals surface area contributed by atoms with Crippen molar-refractivity contribution >= 4 is 0 Å². The summed E-state index contributed by atoms with van der Waals surface area (Å²) < 4.78 is 5.76. The summed E-state index contributed by atoms with van der Waals surface area (Å²) >= 11 is 0. The Morgan fingerprint density at radius 2 is 1.89 bits per heavy atom. The predicted molar refractivity (Wildman–Crippen MR) is 105 cm³/mol. The fourth-order valence-electron chi connectivity index (χ4n) is 3.43. The van der Waals surface area contributed by atoms with Crippen LogP contribution in [0.2, 0.25) is 0 Å². The van der Waals surface area contributed by atoms with Crippen LogP contribution in [0.1, 0.15) is 30.5 Å². The average molecular weight is 370 g/mol.